The summed E-state index contributed by atoms with van der Waals surface area (Å²) in [7, 11) is 0. The van der Waals surface area contributed by atoms with E-state index in [0.29, 0.717) is 17.4 Å². The van der Waals surface area contributed by atoms with Crippen molar-refractivity contribution in [1.29, 1.82) is 0 Å². The maximum absolute atomic E-state index is 12.6. The van der Waals surface area contributed by atoms with Crippen LogP contribution in [0, 0.1) is 6.92 Å². The van der Waals surface area contributed by atoms with Gasteiger partial charge in [0.2, 0.25) is 5.91 Å². The number of halogens is 1. The van der Waals surface area contributed by atoms with Gasteiger partial charge in [0.15, 0.2) is 0 Å². The summed E-state index contributed by atoms with van der Waals surface area (Å²) in [6.45, 7) is 4.16. The number of para-hydroxylation sites is 1. The molecule has 26 heavy (non-hydrogen) atoms. The van der Waals surface area contributed by atoms with Crippen LogP contribution in [-0.4, -0.2) is 15.5 Å². The molecule has 0 saturated carbocycles. The summed E-state index contributed by atoms with van der Waals surface area (Å²) in [5.41, 5.74) is 2.57. The summed E-state index contributed by atoms with van der Waals surface area (Å²) in [4.78, 5) is 29.2. The van der Waals surface area contributed by atoms with E-state index in [1.54, 1.807) is 6.07 Å². The number of hydrogen-bond donors (Lipinski definition) is 1. The molecular formula is C20H20BrN3O2. The topological polar surface area (TPSA) is 64.0 Å². The number of carbonyl (C=O) groups is 1. The van der Waals surface area contributed by atoms with Crippen LogP contribution in [0.4, 0.5) is 0 Å². The van der Waals surface area contributed by atoms with E-state index in [4.69, 9.17) is 0 Å². The first-order chi connectivity index (χ1) is 12.5. The molecular weight excluding hydrogens is 394 g/mol. The average molecular weight is 414 g/mol. The zero-order valence-corrected chi connectivity index (χ0v) is 16.3. The Balaban J connectivity index is 1.68. The minimum Gasteiger partial charge on any atom is -0.349 e. The lowest BCUT2D eigenvalue weighted by atomic mass is 10.1. The largest absolute Gasteiger partial charge is 0.349 e. The number of aryl methyl sites for hydroxylation is 2. The molecule has 1 amide bonds. The second-order valence-corrected chi connectivity index (χ2v) is 7.13. The number of fused-ring (bicyclic) bond motifs is 1. The van der Waals surface area contributed by atoms with Gasteiger partial charge in [0, 0.05) is 17.4 Å². The maximum Gasteiger partial charge on any atom is 0.261 e. The van der Waals surface area contributed by atoms with E-state index < -0.39 is 0 Å². The van der Waals surface area contributed by atoms with Gasteiger partial charge >= 0.3 is 0 Å². The van der Waals surface area contributed by atoms with Gasteiger partial charge in [-0.3, -0.25) is 14.2 Å². The Morgan fingerprint density at radius 3 is 2.77 bits per heavy atom. The Morgan fingerprint density at radius 2 is 2.00 bits per heavy atom. The van der Waals surface area contributed by atoms with E-state index in [1.165, 1.54) is 10.9 Å². The first-order valence-corrected chi connectivity index (χ1v) is 9.25. The summed E-state index contributed by atoms with van der Waals surface area (Å²) < 4.78 is 2.45. The van der Waals surface area contributed by atoms with Crippen molar-refractivity contribution in [2.45, 2.75) is 32.9 Å². The van der Waals surface area contributed by atoms with Gasteiger partial charge in [-0.25, -0.2) is 4.98 Å². The number of hydrogen-bond acceptors (Lipinski definition) is 3. The second-order valence-electron chi connectivity index (χ2n) is 6.27. The standard InChI is InChI=1S/C20H20BrN3O2/c1-13-6-5-8-16-19(13)22-12-24(20(16)26)11-10-18(25)23-14(2)15-7-3-4-9-17(15)21/h3-9,12,14H,10-11H2,1-2H3,(H,23,25). The van der Waals surface area contributed by atoms with E-state index in [0.717, 1.165) is 15.6 Å². The van der Waals surface area contributed by atoms with Gasteiger partial charge in [0.1, 0.15) is 0 Å². The minimum atomic E-state index is -0.120. The summed E-state index contributed by atoms with van der Waals surface area (Å²) >= 11 is 3.50. The molecule has 1 atom stereocenters. The van der Waals surface area contributed by atoms with Crippen LogP contribution in [0.1, 0.15) is 30.5 Å². The lowest BCUT2D eigenvalue weighted by Crippen LogP contribution is -2.29. The second kappa shape index (κ2) is 7.83. The molecule has 0 saturated heterocycles. The SMILES string of the molecule is Cc1cccc2c(=O)n(CCC(=O)NC(C)c3ccccc3Br)cnc12. The fraction of sp³-hybridized carbons (Fsp3) is 0.250. The van der Waals surface area contributed by atoms with Gasteiger partial charge in [-0.05, 0) is 37.1 Å². The van der Waals surface area contributed by atoms with Crippen LogP contribution in [0.2, 0.25) is 0 Å². The average Bonchev–Trinajstić information content (AvgIpc) is 2.62. The van der Waals surface area contributed by atoms with Crippen molar-refractivity contribution >= 4 is 32.7 Å². The predicted molar refractivity (Wildman–Crippen MR) is 106 cm³/mol. The highest BCUT2D eigenvalue weighted by atomic mass is 79.9. The first-order valence-electron chi connectivity index (χ1n) is 8.46. The lowest BCUT2D eigenvalue weighted by molar-refractivity contribution is -0.121. The van der Waals surface area contributed by atoms with Crippen molar-refractivity contribution in [3.63, 3.8) is 0 Å². The van der Waals surface area contributed by atoms with Crippen LogP contribution in [0.15, 0.2) is 58.1 Å². The number of benzene rings is 2. The van der Waals surface area contributed by atoms with Gasteiger partial charge in [0.05, 0.1) is 23.3 Å². The van der Waals surface area contributed by atoms with Crippen molar-refractivity contribution < 1.29 is 4.79 Å². The third-order valence-electron chi connectivity index (χ3n) is 4.38. The Kier molecular flexibility index (Phi) is 5.52. The molecule has 0 fully saturated rings. The Hall–Kier alpha value is -2.47. The molecule has 1 N–H and O–H groups in total. The smallest absolute Gasteiger partial charge is 0.261 e. The molecule has 0 radical (unpaired) electrons. The fourth-order valence-electron chi connectivity index (χ4n) is 2.94. The highest BCUT2D eigenvalue weighted by Crippen LogP contribution is 2.22. The molecule has 0 aliphatic rings. The summed E-state index contributed by atoms with van der Waals surface area (Å²) in [6.07, 6.45) is 1.73. The van der Waals surface area contributed by atoms with E-state index >= 15 is 0 Å². The molecule has 1 unspecified atom stereocenters. The molecule has 3 rings (SSSR count). The van der Waals surface area contributed by atoms with E-state index in [2.05, 4.69) is 26.2 Å². The molecule has 134 valence electrons. The van der Waals surface area contributed by atoms with Crippen molar-refractivity contribution in [2.24, 2.45) is 0 Å². The molecule has 3 aromatic rings. The van der Waals surface area contributed by atoms with Crippen LogP contribution in [0.3, 0.4) is 0 Å². The number of amides is 1. The molecule has 2 aromatic carbocycles. The predicted octanol–water partition coefficient (Wildman–Crippen LogP) is 3.73. The van der Waals surface area contributed by atoms with Crippen molar-refractivity contribution in [1.82, 2.24) is 14.9 Å². The number of aromatic nitrogens is 2. The minimum absolute atomic E-state index is 0.107. The van der Waals surface area contributed by atoms with Crippen molar-refractivity contribution in [2.75, 3.05) is 0 Å². The fourth-order valence-corrected chi connectivity index (χ4v) is 3.56. The molecule has 0 aliphatic heterocycles. The summed E-state index contributed by atoms with van der Waals surface area (Å²) in [5, 5.41) is 3.55. The Morgan fingerprint density at radius 1 is 1.23 bits per heavy atom. The van der Waals surface area contributed by atoms with E-state index in [1.807, 2.05) is 50.2 Å². The normalized spacial score (nSPS) is 12.1. The highest BCUT2D eigenvalue weighted by molar-refractivity contribution is 9.10. The Labute approximate surface area is 160 Å². The van der Waals surface area contributed by atoms with Crippen molar-refractivity contribution in [3.8, 4) is 0 Å². The maximum atomic E-state index is 12.6. The van der Waals surface area contributed by atoms with E-state index in [-0.39, 0.29) is 23.9 Å². The summed E-state index contributed by atoms with van der Waals surface area (Å²) in [6, 6.07) is 13.2. The van der Waals surface area contributed by atoms with Crippen LogP contribution in [0.5, 0.6) is 0 Å². The highest BCUT2D eigenvalue weighted by Gasteiger charge is 2.13. The van der Waals surface area contributed by atoms with Crippen LogP contribution >= 0.6 is 15.9 Å². The molecule has 0 spiro atoms. The zero-order chi connectivity index (χ0) is 18.7. The van der Waals surface area contributed by atoms with Gasteiger partial charge in [0.25, 0.3) is 5.56 Å². The molecule has 6 heteroatoms. The van der Waals surface area contributed by atoms with Crippen molar-refractivity contribution in [3.05, 3.63) is 74.7 Å². The molecule has 0 aliphatic carbocycles. The number of rotatable bonds is 5. The van der Waals surface area contributed by atoms with Crippen LogP contribution in [0.25, 0.3) is 10.9 Å². The van der Waals surface area contributed by atoms with E-state index in [9.17, 15) is 9.59 Å². The third-order valence-corrected chi connectivity index (χ3v) is 5.11. The Bertz CT molecular complexity index is 1010. The zero-order valence-electron chi connectivity index (χ0n) is 14.7. The molecule has 1 heterocycles. The third kappa shape index (κ3) is 3.85. The number of nitrogens with one attached hydrogen (secondary N) is 1. The lowest BCUT2D eigenvalue weighted by Gasteiger charge is -2.16. The van der Waals surface area contributed by atoms with Crippen LogP contribution in [-0.2, 0) is 11.3 Å². The molecule has 1 aromatic heterocycles. The van der Waals surface area contributed by atoms with Gasteiger partial charge in [-0.1, -0.05) is 46.3 Å². The van der Waals surface area contributed by atoms with Gasteiger partial charge < -0.3 is 5.32 Å². The monoisotopic (exact) mass is 413 g/mol. The molecule has 0 bridgehead atoms. The first kappa shape index (κ1) is 18.3. The number of nitrogens with zero attached hydrogens (tertiary/aromatic N) is 2. The quantitative estimate of drug-likeness (QED) is 0.692. The molecule has 5 nitrogen and oxygen atoms in total. The van der Waals surface area contributed by atoms with Gasteiger partial charge in [-0.2, -0.15) is 0 Å². The van der Waals surface area contributed by atoms with Gasteiger partial charge in [-0.15, -0.1) is 0 Å². The number of carbonyl (C=O) groups excluding carboxylic acids is 1. The summed E-state index contributed by atoms with van der Waals surface area (Å²) in [5.74, 6) is -0.107. The van der Waals surface area contributed by atoms with Crippen LogP contribution < -0.4 is 10.9 Å².